The third kappa shape index (κ3) is 3.44. The van der Waals surface area contributed by atoms with Crippen LogP contribution in [0.15, 0.2) is 0 Å². The van der Waals surface area contributed by atoms with Crippen LogP contribution in [0.2, 0.25) is 0 Å². The number of rotatable bonds is 5. The Bertz CT molecular complexity index is 345. The molecule has 1 N–H and O–H groups in total. The van der Waals surface area contributed by atoms with Gasteiger partial charge in [0.2, 0.25) is 5.91 Å². The van der Waals surface area contributed by atoms with E-state index >= 15 is 0 Å². The van der Waals surface area contributed by atoms with Crippen LogP contribution >= 0.6 is 0 Å². The van der Waals surface area contributed by atoms with Gasteiger partial charge in [0.05, 0.1) is 12.2 Å². The Labute approximate surface area is 129 Å². The number of nitrogens with zero attached hydrogens (tertiary/aromatic N) is 1. The van der Waals surface area contributed by atoms with Crippen LogP contribution in [0.4, 0.5) is 0 Å². The summed E-state index contributed by atoms with van der Waals surface area (Å²) in [5, 5.41) is 3.65. The van der Waals surface area contributed by atoms with Gasteiger partial charge in [-0.05, 0) is 37.5 Å². The summed E-state index contributed by atoms with van der Waals surface area (Å²) in [6.45, 7) is 3.13. The summed E-state index contributed by atoms with van der Waals surface area (Å²) < 4.78 is 0. The van der Waals surface area contributed by atoms with Gasteiger partial charge >= 0.3 is 0 Å². The smallest absolute Gasteiger partial charge is 0.241 e. The molecule has 3 nitrogen and oxygen atoms in total. The Morgan fingerprint density at radius 3 is 2.38 bits per heavy atom. The van der Waals surface area contributed by atoms with Gasteiger partial charge in [-0.3, -0.25) is 10.1 Å². The molecule has 2 aliphatic carbocycles. The summed E-state index contributed by atoms with van der Waals surface area (Å²) in [4.78, 5) is 14.9. The van der Waals surface area contributed by atoms with Gasteiger partial charge in [-0.25, -0.2) is 0 Å². The predicted octanol–water partition coefficient (Wildman–Crippen LogP) is 3.68. The van der Waals surface area contributed by atoms with Crippen molar-refractivity contribution < 1.29 is 4.79 Å². The van der Waals surface area contributed by atoms with E-state index in [-0.39, 0.29) is 6.04 Å². The molecule has 3 aliphatic rings. The van der Waals surface area contributed by atoms with Crippen molar-refractivity contribution in [1.29, 1.82) is 0 Å². The lowest BCUT2D eigenvalue weighted by atomic mass is 9.87. The molecule has 0 aromatic rings. The number of carbonyl (C=O) groups is 1. The lowest BCUT2D eigenvalue weighted by Gasteiger charge is -2.31. The lowest BCUT2D eigenvalue weighted by molar-refractivity contribution is -0.130. The number of amides is 1. The van der Waals surface area contributed by atoms with Crippen molar-refractivity contribution >= 4 is 5.91 Å². The van der Waals surface area contributed by atoms with Crippen molar-refractivity contribution in [2.24, 2.45) is 11.8 Å². The molecule has 1 aliphatic heterocycles. The normalized spacial score (nSPS) is 32.2. The molecule has 0 bridgehead atoms. The SMILES string of the molecule is CCC1NC(C2CCCC2)N(CCC2CCCCC2)C1=O. The summed E-state index contributed by atoms with van der Waals surface area (Å²) in [6.07, 6.45) is 14.8. The standard InChI is InChI=1S/C18H32N2O/c1-2-16-18(21)20(13-12-14-8-4-3-5-9-14)17(19-16)15-10-6-7-11-15/h14-17,19H,2-13H2,1H3. The maximum Gasteiger partial charge on any atom is 0.241 e. The average molecular weight is 292 g/mol. The third-order valence-corrected chi connectivity index (χ3v) is 6.05. The van der Waals surface area contributed by atoms with Crippen molar-refractivity contribution in [2.75, 3.05) is 6.54 Å². The van der Waals surface area contributed by atoms with Crippen LogP contribution in [0.1, 0.15) is 77.6 Å². The lowest BCUT2D eigenvalue weighted by Crippen LogP contribution is -2.43. The first kappa shape index (κ1) is 15.3. The second kappa shape index (κ2) is 7.13. The number of carbonyl (C=O) groups excluding carboxylic acids is 1. The van der Waals surface area contributed by atoms with E-state index in [1.54, 1.807) is 0 Å². The van der Waals surface area contributed by atoms with Gasteiger partial charge in [-0.15, -0.1) is 0 Å². The molecule has 0 spiro atoms. The maximum absolute atomic E-state index is 12.6. The monoisotopic (exact) mass is 292 g/mol. The molecule has 3 rings (SSSR count). The van der Waals surface area contributed by atoms with E-state index in [9.17, 15) is 4.79 Å². The highest BCUT2D eigenvalue weighted by Gasteiger charge is 2.42. The fourth-order valence-electron chi connectivity index (χ4n) is 4.71. The van der Waals surface area contributed by atoms with Crippen LogP contribution in [0.25, 0.3) is 0 Å². The molecule has 0 aromatic heterocycles. The van der Waals surface area contributed by atoms with Crippen molar-refractivity contribution in [1.82, 2.24) is 10.2 Å². The first-order valence-corrected chi connectivity index (χ1v) is 9.36. The van der Waals surface area contributed by atoms with E-state index in [1.165, 1.54) is 64.2 Å². The summed E-state index contributed by atoms with van der Waals surface area (Å²) in [5.74, 6) is 1.96. The summed E-state index contributed by atoms with van der Waals surface area (Å²) in [7, 11) is 0. The highest BCUT2D eigenvalue weighted by Crippen LogP contribution is 2.33. The number of hydrogen-bond donors (Lipinski definition) is 1. The number of hydrogen-bond acceptors (Lipinski definition) is 2. The molecule has 1 saturated heterocycles. The van der Waals surface area contributed by atoms with Crippen LogP contribution in [0.5, 0.6) is 0 Å². The van der Waals surface area contributed by atoms with Gasteiger partial charge in [0.15, 0.2) is 0 Å². The van der Waals surface area contributed by atoms with Gasteiger partial charge in [0, 0.05) is 6.54 Å². The Kier molecular flexibility index (Phi) is 5.20. The average Bonchev–Trinajstić information content (AvgIpc) is 3.14. The molecule has 2 atom stereocenters. The molecule has 1 amide bonds. The van der Waals surface area contributed by atoms with E-state index < -0.39 is 0 Å². The molecule has 0 radical (unpaired) electrons. The Morgan fingerprint density at radius 2 is 1.71 bits per heavy atom. The van der Waals surface area contributed by atoms with E-state index in [0.717, 1.165) is 18.9 Å². The summed E-state index contributed by atoms with van der Waals surface area (Å²) in [6, 6.07) is 0.0851. The fraction of sp³-hybridized carbons (Fsp3) is 0.944. The van der Waals surface area contributed by atoms with Crippen molar-refractivity contribution in [3.63, 3.8) is 0 Å². The van der Waals surface area contributed by atoms with E-state index in [2.05, 4.69) is 17.1 Å². The molecule has 3 fully saturated rings. The van der Waals surface area contributed by atoms with Crippen molar-refractivity contribution in [3.05, 3.63) is 0 Å². The molecule has 120 valence electrons. The Hall–Kier alpha value is -0.570. The first-order valence-electron chi connectivity index (χ1n) is 9.36. The van der Waals surface area contributed by atoms with E-state index in [0.29, 0.717) is 18.0 Å². The zero-order valence-corrected chi connectivity index (χ0v) is 13.7. The molecule has 1 heterocycles. The van der Waals surface area contributed by atoms with E-state index in [4.69, 9.17) is 0 Å². The summed E-state index contributed by atoms with van der Waals surface area (Å²) in [5.41, 5.74) is 0. The highest BCUT2D eigenvalue weighted by atomic mass is 16.2. The van der Waals surface area contributed by atoms with Crippen molar-refractivity contribution in [2.45, 2.75) is 89.8 Å². The minimum absolute atomic E-state index is 0.0851. The quantitative estimate of drug-likeness (QED) is 0.838. The van der Waals surface area contributed by atoms with Crippen LogP contribution in [0.3, 0.4) is 0 Å². The van der Waals surface area contributed by atoms with Gasteiger partial charge < -0.3 is 4.90 Å². The fourth-order valence-corrected chi connectivity index (χ4v) is 4.71. The predicted molar refractivity (Wildman–Crippen MR) is 85.9 cm³/mol. The molecular formula is C18H32N2O. The summed E-state index contributed by atoms with van der Waals surface area (Å²) >= 11 is 0. The molecule has 0 aromatic carbocycles. The molecular weight excluding hydrogens is 260 g/mol. The maximum atomic E-state index is 12.6. The highest BCUT2D eigenvalue weighted by molar-refractivity contribution is 5.84. The van der Waals surface area contributed by atoms with E-state index in [1.807, 2.05) is 0 Å². The van der Waals surface area contributed by atoms with Gasteiger partial charge in [0.25, 0.3) is 0 Å². The number of nitrogens with one attached hydrogen (secondary N) is 1. The first-order chi connectivity index (χ1) is 10.3. The van der Waals surface area contributed by atoms with Crippen molar-refractivity contribution in [3.8, 4) is 0 Å². The third-order valence-electron chi connectivity index (χ3n) is 6.05. The van der Waals surface area contributed by atoms with Crippen LogP contribution < -0.4 is 5.32 Å². The van der Waals surface area contributed by atoms with Crippen LogP contribution in [-0.4, -0.2) is 29.6 Å². The molecule has 2 unspecified atom stereocenters. The van der Waals surface area contributed by atoms with Gasteiger partial charge in [-0.2, -0.15) is 0 Å². The topological polar surface area (TPSA) is 32.3 Å². The minimum atomic E-state index is 0.0851. The largest absolute Gasteiger partial charge is 0.326 e. The zero-order chi connectivity index (χ0) is 14.7. The van der Waals surface area contributed by atoms with Gasteiger partial charge in [0.1, 0.15) is 0 Å². The van der Waals surface area contributed by atoms with Crippen LogP contribution in [-0.2, 0) is 4.79 Å². The second-order valence-corrected chi connectivity index (χ2v) is 7.44. The van der Waals surface area contributed by atoms with Gasteiger partial charge in [-0.1, -0.05) is 51.9 Å². The molecule has 21 heavy (non-hydrogen) atoms. The molecule has 2 saturated carbocycles. The Morgan fingerprint density at radius 1 is 1.05 bits per heavy atom. The Balaban J connectivity index is 1.59. The minimum Gasteiger partial charge on any atom is -0.326 e. The zero-order valence-electron chi connectivity index (χ0n) is 13.7. The second-order valence-electron chi connectivity index (χ2n) is 7.44. The molecule has 3 heteroatoms. The van der Waals surface area contributed by atoms with Crippen LogP contribution in [0, 0.1) is 11.8 Å².